The minimum Gasteiger partial charge on any atom is -0.520 e. The van der Waals surface area contributed by atoms with Crippen molar-refractivity contribution in [1.29, 1.82) is 0 Å². The molecule has 0 amide bonds. The van der Waals surface area contributed by atoms with Gasteiger partial charge in [0.15, 0.2) is 0 Å². The van der Waals surface area contributed by atoms with Gasteiger partial charge < -0.3 is 17.7 Å². The molecule has 0 radical (unpaired) electrons. The van der Waals surface area contributed by atoms with Gasteiger partial charge in [0.05, 0.1) is 12.2 Å². The third-order valence-electron chi connectivity index (χ3n) is 1.39. The molecular formula is C7H8BF3NO-. The molecule has 0 N–H and O–H groups in total. The van der Waals surface area contributed by atoms with Crippen LogP contribution in [0.2, 0.25) is 0 Å². The molecular weight excluding hydrogens is 182 g/mol. The maximum atomic E-state index is 11.8. The monoisotopic (exact) mass is 190 g/mol. The van der Waals surface area contributed by atoms with E-state index in [0.29, 0.717) is 5.69 Å². The van der Waals surface area contributed by atoms with Crippen molar-refractivity contribution in [3.05, 3.63) is 24.0 Å². The van der Waals surface area contributed by atoms with Crippen LogP contribution in [0.5, 0.6) is 5.75 Å². The maximum Gasteiger partial charge on any atom is 0.515 e. The Kier molecular flexibility index (Phi) is 2.80. The Balaban J connectivity index is 2.60. The predicted octanol–water partition coefficient (Wildman–Crippen LogP) is 2.16. The van der Waals surface area contributed by atoms with Gasteiger partial charge in [-0.2, -0.15) is 0 Å². The summed E-state index contributed by atoms with van der Waals surface area (Å²) in [6.45, 7) is -4.51. The molecule has 1 aromatic rings. The molecule has 72 valence electrons. The van der Waals surface area contributed by atoms with Gasteiger partial charge in [0.2, 0.25) is 0 Å². The summed E-state index contributed by atoms with van der Waals surface area (Å²) in [7, 11) is 0. The van der Waals surface area contributed by atoms with Crippen LogP contribution in [0.1, 0.15) is 5.69 Å². The minimum absolute atomic E-state index is 0.182. The van der Waals surface area contributed by atoms with E-state index in [0.717, 1.165) is 0 Å². The molecule has 0 aliphatic rings. The number of halogens is 3. The van der Waals surface area contributed by atoms with Crippen LogP contribution < -0.4 is 4.74 Å². The number of ether oxygens (including phenoxy) is 1. The number of rotatable bonds is 3. The molecule has 0 unspecified atom stereocenters. The van der Waals surface area contributed by atoms with Gasteiger partial charge in [-0.05, 0) is 19.1 Å². The van der Waals surface area contributed by atoms with Crippen LogP contribution in [-0.2, 0) is 0 Å². The van der Waals surface area contributed by atoms with E-state index in [1.807, 2.05) is 0 Å². The second kappa shape index (κ2) is 3.68. The SMILES string of the molecule is Cc1ncccc1OC[B-](F)(F)F. The lowest BCUT2D eigenvalue weighted by atomic mass is 9.95. The fourth-order valence-corrected chi connectivity index (χ4v) is 0.806. The lowest BCUT2D eigenvalue weighted by Crippen LogP contribution is -2.26. The highest BCUT2D eigenvalue weighted by Gasteiger charge is 2.24. The van der Waals surface area contributed by atoms with E-state index in [4.69, 9.17) is 0 Å². The van der Waals surface area contributed by atoms with Crippen LogP contribution >= 0.6 is 0 Å². The van der Waals surface area contributed by atoms with Gasteiger partial charge in [-0.25, -0.2) is 0 Å². The van der Waals surface area contributed by atoms with Crippen LogP contribution in [0.3, 0.4) is 0 Å². The molecule has 0 spiro atoms. The van der Waals surface area contributed by atoms with Crippen molar-refractivity contribution in [3.63, 3.8) is 0 Å². The van der Waals surface area contributed by atoms with Crippen LogP contribution in [0.4, 0.5) is 12.9 Å². The Hall–Kier alpha value is -1.20. The van der Waals surface area contributed by atoms with Gasteiger partial charge in [-0.15, -0.1) is 0 Å². The largest absolute Gasteiger partial charge is 0.520 e. The van der Waals surface area contributed by atoms with Crippen molar-refractivity contribution < 1.29 is 17.7 Å². The Morgan fingerprint density at radius 1 is 1.46 bits per heavy atom. The van der Waals surface area contributed by atoms with Gasteiger partial charge in [0, 0.05) is 6.20 Å². The average molecular weight is 190 g/mol. The van der Waals surface area contributed by atoms with Crippen LogP contribution in [-0.4, -0.2) is 18.5 Å². The zero-order valence-electron chi connectivity index (χ0n) is 7.01. The molecule has 13 heavy (non-hydrogen) atoms. The standard InChI is InChI=1S/C7H8BF3NO/c1-6-7(3-2-4-12-6)13-5-8(9,10)11/h2-4H,5H2,1H3/q-1. The molecule has 0 bridgehead atoms. The smallest absolute Gasteiger partial charge is 0.515 e. The van der Waals surface area contributed by atoms with Crippen molar-refractivity contribution in [3.8, 4) is 5.75 Å². The van der Waals surface area contributed by atoms with E-state index in [1.54, 1.807) is 6.92 Å². The summed E-state index contributed by atoms with van der Waals surface area (Å²) in [6, 6.07) is 3.00. The van der Waals surface area contributed by atoms with Crippen LogP contribution in [0, 0.1) is 6.92 Å². The average Bonchev–Trinajstić information content (AvgIpc) is 2.01. The van der Waals surface area contributed by atoms with E-state index >= 15 is 0 Å². The van der Waals surface area contributed by atoms with Crippen molar-refractivity contribution in [2.24, 2.45) is 0 Å². The molecule has 2 nitrogen and oxygen atoms in total. The molecule has 1 heterocycles. The summed E-state index contributed by atoms with van der Waals surface area (Å²) < 4.78 is 39.9. The molecule has 6 heteroatoms. The Morgan fingerprint density at radius 2 is 2.15 bits per heavy atom. The first kappa shape index (κ1) is 9.89. The third-order valence-corrected chi connectivity index (χ3v) is 1.39. The lowest BCUT2D eigenvalue weighted by molar-refractivity contribution is 0.310. The quantitative estimate of drug-likeness (QED) is 0.681. The molecule has 0 saturated carbocycles. The van der Waals surface area contributed by atoms with Crippen LogP contribution in [0.25, 0.3) is 0 Å². The summed E-state index contributed by atoms with van der Waals surface area (Å²) in [4.78, 5) is 3.79. The highest BCUT2D eigenvalue weighted by atomic mass is 19.4. The zero-order valence-corrected chi connectivity index (χ0v) is 7.01. The van der Waals surface area contributed by atoms with E-state index in [1.165, 1.54) is 18.3 Å². The number of hydrogen-bond acceptors (Lipinski definition) is 2. The summed E-state index contributed by atoms with van der Waals surface area (Å²) in [5.74, 6) is 0.182. The maximum absolute atomic E-state index is 11.8. The highest BCUT2D eigenvalue weighted by molar-refractivity contribution is 6.58. The fourth-order valence-electron chi connectivity index (χ4n) is 0.806. The Morgan fingerprint density at radius 3 is 2.69 bits per heavy atom. The molecule has 0 fully saturated rings. The van der Waals surface area contributed by atoms with Crippen molar-refractivity contribution in [2.45, 2.75) is 6.92 Å². The van der Waals surface area contributed by atoms with Gasteiger partial charge in [-0.3, -0.25) is 4.98 Å². The minimum atomic E-state index is -4.89. The molecule has 0 atom stereocenters. The summed E-state index contributed by atoms with van der Waals surface area (Å²) in [5.41, 5.74) is 0.461. The molecule has 0 aliphatic carbocycles. The number of hydrogen-bond donors (Lipinski definition) is 0. The van der Waals surface area contributed by atoms with Crippen molar-refractivity contribution >= 4 is 6.98 Å². The second-order valence-corrected chi connectivity index (χ2v) is 2.61. The summed E-state index contributed by atoms with van der Waals surface area (Å²) in [6.07, 6.45) is 1.50. The van der Waals surface area contributed by atoms with Crippen molar-refractivity contribution in [2.75, 3.05) is 6.51 Å². The highest BCUT2D eigenvalue weighted by Crippen LogP contribution is 2.16. The first-order valence-corrected chi connectivity index (χ1v) is 3.74. The number of nitrogens with zero attached hydrogens (tertiary/aromatic N) is 1. The summed E-state index contributed by atoms with van der Waals surface area (Å²) in [5, 5.41) is 0. The third kappa shape index (κ3) is 3.35. The summed E-state index contributed by atoms with van der Waals surface area (Å²) >= 11 is 0. The normalized spacial score (nSPS) is 11.4. The zero-order chi connectivity index (χ0) is 9.90. The van der Waals surface area contributed by atoms with E-state index in [-0.39, 0.29) is 5.75 Å². The molecule has 1 rings (SSSR count). The lowest BCUT2D eigenvalue weighted by Gasteiger charge is -2.15. The number of aromatic nitrogens is 1. The van der Waals surface area contributed by atoms with Gasteiger partial charge >= 0.3 is 6.98 Å². The van der Waals surface area contributed by atoms with Gasteiger partial charge in [0.1, 0.15) is 5.75 Å². The topological polar surface area (TPSA) is 22.1 Å². The van der Waals surface area contributed by atoms with Crippen molar-refractivity contribution in [1.82, 2.24) is 4.98 Å². The first-order chi connectivity index (χ1) is 5.99. The molecule has 0 aliphatic heterocycles. The van der Waals surface area contributed by atoms with E-state index in [9.17, 15) is 12.9 Å². The number of aryl methyl sites for hydroxylation is 1. The fraction of sp³-hybridized carbons (Fsp3) is 0.286. The predicted molar refractivity (Wildman–Crippen MR) is 43.5 cm³/mol. The second-order valence-electron chi connectivity index (χ2n) is 2.61. The Labute approximate surface area is 73.8 Å². The molecule has 0 saturated heterocycles. The van der Waals surface area contributed by atoms with Gasteiger partial charge in [0.25, 0.3) is 0 Å². The van der Waals surface area contributed by atoms with Crippen LogP contribution in [0.15, 0.2) is 18.3 Å². The van der Waals surface area contributed by atoms with E-state index in [2.05, 4.69) is 9.72 Å². The molecule has 1 aromatic heterocycles. The number of pyridine rings is 1. The van der Waals surface area contributed by atoms with Gasteiger partial charge in [-0.1, -0.05) is 0 Å². The van der Waals surface area contributed by atoms with E-state index < -0.39 is 13.5 Å². The first-order valence-electron chi connectivity index (χ1n) is 3.74. The molecule has 0 aromatic carbocycles. The Bertz CT molecular complexity index is 289.